The van der Waals surface area contributed by atoms with E-state index in [1.54, 1.807) is 43.4 Å². The van der Waals surface area contributed by atoms with E-state index in [0.29, 0.717) is 28.3 Å². The molecule has 7 heteroatoms. The third-order valence-electron chi connectivity index (χ3n) is 4.19. The number of rotatable bonds is 4. The van der Waals surface area contributed by atoms with Crippen LogP contribution in [0.25, 0.3) is 0 Å². The monoisotopic (exact) mass is 393 g/mol. The molecule has 0 fully saturated rings. The van der Waals surface area contributed by atoms with Crippen molar-refractivity contribution in [1.29, 1.82) is 0 Å². The minimum absolute atomic E-state index is 0.212. The number of para-hydroxylation sites is 1. The molecule has 2 N–H and O–H groups in total. The first-order valence-corrected chi connectivity index (χ1v) is 8.94. The van der Waals surface area contributed by atoms with E-state index in [1.807, 2.05) is 13.8 Å². The standard InChI is InChI=1S/C19H21Cl2N3O2/c1-4-12(2)24(18(25)13-9-10-15(20)16(21)11-13)23(3)19(26)14-7-5-6-8-17(14)22/h5-12H,4,22H2,1-3H3. The van der Waals surface area contributed by atoms with Gasteiger partial charge >= 0.3 is 0 Å². The average Bonchev–Trinajstić information content (AvgIpc) is 2.63. The van der Waals surface area contributed by atoms with Crippen LogP contribution in [0.1, 0.15) is 41.0 Å². The van der Waals surface area contributed by atoms with Crippen LogP contribution in [-0.2, 0) is 0 Å². The Morgan fingerprint density at radius 1 is 1.08 bits per heavy atom. The van der Waals surface area contributed by atoms with Crippen LogP contribution in [0.2, 0.25) is 10.0 Å². The predicted molar refractivity (Wildman–Crippen MR) is 105 cm³/mol. The van der Waals surface area contributed by atoms with Gasteiger partial charge < -0.3 is 5.73 Å². The van der Waals surface area contributed by atoms with E-state index in [2.05, 4.69) is 0 Å². The summed E-state index contributed by atoms with van der Waals surface area (Å²) in [5, 5.41) is 3.35. The van der Waals surface area contributed by atoms with Crippen LogP contribution < -0.4 is 5.73 Å². The Bertz CT molecular complexity index is 826. The smallest absolute Gasteiger partial charge is 0.274 e. The molecule has 1 atom stereocenters. The summed E-state index contributed by atoms with van der Waals surface area (Å²) >= 11 is 12.0. The summed E-state index contributed by atoms with van der Waals surface area (Å²) < 4.78 is 0. The van der Waals surface area contributed by atoms with Gasteiger partial charge in [0, 0.05) is 18.3 Å². The lowest BCUT2D eigenvalue weighted by atomic mass is 10.1. The van der Waals surface area contributed by atoms with Gasteiger partial charge in [-0.2, -0.15) is 0 Å². The molecule has 0 radical (unpaired) electrons. The minimum atomic E-state index is -0.364. The molecule has 2 amide bonds. The minimum Gasteiger partial charge on any atom is -0.398 e. The first kappa shape index (κ1) is 20.1. The predicted octanol–water partition coefficient (Wildman–Crippen LogP) is 4.50. The van der Waals surface area contributed by atoms with Gasteiger partial charge in [0.1, 0.15) is 0 Å². The zero-order valence-corrected chi connectivity index (χ0v) is 16.4. The third kappa shape index (κ3) is 4.11. The lowest BCUT2D eigenvalue weighted by molar-refractivity contribution is -0.00874. The fourth-order valence-electron chi connectivity index (χ4n) is 2.53. The van der Waals surface area contributed by atoms with Crippen LogP contribution in [0.3, 0.4) is 0 Å². The zero-order chi connectivity index (χ0) is 19.4. The average molecular weight is 394 g/mol. The van der Waals surface area contributed by atoms with Gasteiger partial charge in [0.2, 0.25) is 0 Å². The molecule has 2 aromatic carbocycles. The maximum atomic E-state index is 13.1. The summed E-state index contributed by atoms with van der Waals surface area (Å²) in [7, 11) is 1.55. The number of amides is 2. The molecule has 26 heavy (non-hydrogen) atoms. The van der Waals surface area contributed by atoms with Crippen molar-refractivity contribution < 1.29 is 9.59 Å². The molecule has 1 unspecified atom stereocenters. The molecule has 0 bridgehead atoms. The Hall–Kier alpha value is -2.24. The first-order chi connectivity index (χ1) is 12.3. The topological polar surface area (TPSA) is 66.6 Å². The second-order valence-corrected chi connectivity index (χ2v) is 6.77. The number of hydrogen-bond acceptors (Lipinski definition) is 3. The highest BCUT2D eigenvalue weighted by Crippen LogP contribution is 2.25. The molecular formula is C19H21Cl2N3O2. The van der Waals surface area contributed by atoms with Gasteiger partial charge in [-0.15, -0.1) is 0 Å². The maximum Gasteiger partial charge on any atom is 0.274 e. The summed E-state index contributed by atoms with van der Waals surface area (Å²) in [5.74, 6) is -0.708. The van der Waals surface area contributed by atoms with Crippen LogP contribution in [0.5, 0.6) is 0 Å². The lowest BCUT2D eigenvalue weighted by Gasteiger charge is -2.36. The van der Waals surface area contributed by atoms with Crippen molar-refractivity contribution in [3.05, 3.63) is 63.6 Å². The van der Waals surface area contributed by atoms with E-state index in [0.717, 1.165) is 0 Å². The number of nitrogen functional groups attached to an aromatic ring is 1. The Morgan fingerprint density at radius 2 is 1.73 bits per heavy atom. The second-order valence-electron chi connectivity index (χ2n) is 5.95. The van der Waals surface area contributed by atoms with Crippen molar-refractivity contribution in [2.24, 2.45) is 0 Å². The van der Waals surface area contributed by atoms with Crippen LogP contribution in [0, 0.1) is 0 Å². The van der Waals surface area contributed by atoms with Gasteiger partial charge in [0.15, 0.2) is 0 Å². The van der Waals surface area contributed by atoms with Gasteiger partial charge in [-0.25, -0.2) is 10.0 Å². The lowest BCUT2D eigenvalue weighted by Crippen LogP contribution is -2.51. The number of hydrogen-bond donors (Lipinski definition) is 1. The van der Waals surface area contributed by atoms with E-state index in [1.165, 1.54) is 16.1 Å². The molecule has 0 spiro atoms. The molecule has 138 valence electrons. The second kappa shape index (κ2) is 8.43. The van der Waals surface area contributed by atoms with Crippen molar-refractivity contribution in [1.82, 2.24) is 10.0 Å². The number of benzene rings is 2. The fraction of sp³-hybridized carbons (Fsp3) is 0.263. The Labute approximate surface area is 163 Å². The third-order valence-corrected chi connectivity index (χ3v) is 4.93. The normalized spacial score (nSPS) is 11.7. The van der Waals surface area contributed by atoms with Gasteiger partial charge in [-0.1, -0.05) is 42.3 Å². The Balaban J connectivity index is 2.40. The largest absolute Gasteiger partial charge is 0.398 e. The van der Waals surface area contributed by atoms with E-state index in [9.17, 15) is 9.59 Å². The number of halogens is 2. The molecule has 0 aromatic heterocycles. The molecule has 0 aliphatic carbocycles. The fourth-order valence-corrected chi connectivity index (χ4v) is 2.83. The van der Waals surface area contributed by atoms with Crippen LogP contribution in [0.15, 0.2) is 42.5 Å². The zero-order valence-electron chi connectivity index (χ0n) is 14.9. The quantitative estimate of drug-likeness (QED) is 0.613. The maximum absolute atomic E-state index is 13.1. The molecule has 0 aliphatic rings. The highest BCUT2D eigenvalue weighted by molar-refractivity contribution is 6.42. The van der Waals surface area contributed by atoms with Gasteiger partial charge in [-0.05, 0) is 43.7 Å². The van der Waals surface area contributed by atoms with Crippen molar-refractivity contribution in [2.45, 2.75) is 26.3 Å². The van der Waals surface area contributed by atoms with Crippen LogP contribution in [0.4, 0.5) is 5.69 Å². The molecular weight excluding hydrogens is 373 g/mol. The molecule has 2 aromatic rings. The SMILES string of the molecule is CCC(C)N(C(=O)c1ccc(Cl)c(Cl)c1)N(C)C(=O)c1ccccc1N. The molecule has 0 aliphatic heterocycles. The molecule has 2 rings (SSSR count). The number of hydrazine groups is 1. The summed E-state index contributed by atoms with van der Waals surface area (Å²) in [4.78, 5) is 26.0. The van der Waals surface area contributed by atoms with Crippen molar-refractivity contribution in [3.8, 4) is 0 Å². The van der Waals surface area contributed by atoms with Gasteiger partial charge in [0.05, 0.1) is 21.7 Å². The molecule has 0 saturated carbocycles. The summed E-state index contributed by atoms with van der Waals surface area (Å²) in [5.41, 5.74) is 6.95. The number of nitrogens with two attached hydrogens (primary N) is 1. The highest BCUT2D eigenvalue weighted by Gasteiger charge is 2.29. The van der Waals surface area contributed by atoms with Gasteiger partial charge in [-0.3, -0.25) is 9.59 Å². The number of carbonyl (C=O) groups is 2. The van der Waals surface area contributed by atoms with E-state index in [4.69, 9.17) is 28.9 Å². The van der Waals surface area contributed by atoms with E-state index < -0.39 is 0 Å². The van der Waals surface area contributed by atoms with E-state index in [-0.39, 0.29) is 22.9 Å². The number of anilines is 1. The summed E-state index contributed by atoms with van der Waals surface area (Å²) in [6, 6.07) is 11.2. The van der Waals surface area contributed by atoms with E-state index >= 15 is 0 Å². The number of carbonyl (C=O) groups excluding carboxylic acids is 2. The van der Waals surface area contributed by atoms with Crippen molar-refractivity contribution >= 4 is 40.7 Å². The molecule has 0 saturated heterocycles. The number of nitrogens with zero attached hydrogens (tertiary/aromatic N) is 2. The molecule has 5 nitrogen and oxygen atoms in total. The molecule has 0 heterocycles. The van der Waals surface area contributed by atoms with Crippen molar-refractivity contribution in [2.75, 3.05) is 12.8 Å². The van der Waals surface area contributed by atoms with Crippen LogP contribution in [-0.4, -0.2) is 34.9 Å². The van der Waals surface area contributed by atoms with Gasteiger partial charge in [0.25, 0.3) is 11.8 Å². The Morgan fingerprint density at radius 3 is 2.31 bits per heavy atom. The first-order valence-electron chi connectivity index (χ1n) is 8.19. The summed E-state index contributed by atoms with van der Waals surface area (Å²) in [6.45, 7) is 3.81. The van der Waals surface area contributed by atoms with Crippen LogP contribution >= 0.6 is 23.2 Å². The Kier molecular flexibility index (Phi) is 6.51. The summed E-state index contributed by atoms with van der Waals surface area (Å²) in [6.07, 6.45) is 0.662. The highest BCUT2D eigenvalue weighted by atomic mass is 35.5. The van der Waals surface area contributed by atoms with Crippen molar-refractivity contribution in [3.63, 3.8) is 0 Å².